The minimum atomic E-state index is -0.159. The molecule has 1 aliphatic rings. The fourth-order valence-corrected chi connectivity index (χ4v) is 3.72. The van der Waals surface area contributed by atoms with Crippen molar-refractivity contribution in [1.82, 2.24) is 4.90 Å². The molecule has 0 atom stereocenters. The van der Waals surface area contributed by atoms with Crippen molar-refractivity contribution in [2.45, 2.75) is 19.8 Å². The predicted octanol–water partition coefficient (Wildman–Crippen LogP) is 4.67. The quantitative estimate of drug-likeness (QED) is 0.508. The van der Waals surface area contributed by atoms with Crippen LogP contribution >= 0.6 is 0 Å². The van der Waals surface area contributed by atoms with Crippen LogP contribution in [0.4, 0.5) is 11.4 Å². The molecule has 2 heterocycles. The zero-order chi connectivity index (χ0) is 23.0. The molecule has 172 valence electrons. The van der Waals surface area contributed by atoms with Crippen molar-refractivity contribution in [3.8, 4) is 5.75 Å². The fourth-order valence-electron chi connectivity index (χ4n) is 3.72. The van der Waals surface area contributed by atoms with Gasteiger partial charge in [-0.3, -0.25) is 9.59 Å². The number of hydrogen-bond acceptors (Lipinski definition) is 5. The van der Waals surface area contributed by atoms with Gasteiger partial charge < -0.3 is 24.3 Å². The molecule has 3 aromatic rings. The first-order chi connectivity index (χ1) is 16.1. The van der Waals surface area contributed by atoms with E-state index in [0.717, 1.165) is 43.1 Å². The number of benzene rings is 2. The molecule has 1 aromatic heterocycles. The molecule has 7 nitrogen and oxygen atoms in total. The Morgan fingerprint density at radius 1 is 0.970 bits per heavy atom. The van der Waals surface area contributed by atoms with Crippen LogP contribution in [0.5, 0.6) is 5.75 Å². The van der Waals surface area contributed by atoms with Gasteiger partial charge in [0.15, 0.2) is 5.76 Å². The summed E-state index contributed by atoms with van der Waals surface area (Å²) < 4.78 is 10.9. The lowest BCUT2D eigenvalue weighted by atomic mass is 10.2. The Hall–Kier alpha value is -3.74. The van der Waals surface area contributed by atoms with Gasteiger partial charge in [0.1, 0.15) is 5.75 Å². The topological polar surface area (TPSA) is 75.0 Å². The smallest absolute Gasteiger partial charge is 0.289 e. The van der Waals surface area contributed by atoms with Crippen molar-refractivity contribution in [1.29, 1.82) is 0 Å². The third kappa shape index (κ3) is 5.74. The van der Waals surface area contributed by atoms with E-state index in [2.05, 4.69) is 17.1 Å². The number of piperazine rings is 1. The lowest BCUT2D eigenvalue weighted by molar-refractivity contribution is 0.0714. The van der Waals surface area contributed by atoms with Crippen molar-refractivity contribution in [2.75, 3.05) is 43.0 Å². The van der Waals surface area contributed by atoms with Crippen LogP contribution in [0.25, 0.3) is 0 Å². The fraction of sp³-hybridized carbons (Fsp3) is 0.308. The maximum atomic E-state index is 12.6. The summed E-state index contributed by atoms with van der Waals surface area (Å²) in [6, 6.07) is 18.4. The summed E-state index contributed by atoms with van der Waals surface area (Å²) in [6.45, 7) is 5.56. The maximum absolute atomic E-state index is 12.6. The minimum Gasteiger partial charge on any atom is -0.494 e. The zero-order valence-corrected chi connectivity index (χ0v) is 18.8. The van der Waals surface area contributed by atoms with Gasteiger partial charge in [-0.05, 0) is 67.1 Å². The van der Waals surface area contributed by atoms with Crippen molar-refractivity contribution >= 4 is 23.2 Å². The number of hydrogen-bond donors (Lipinski definition) is 1. The first-order valence-corrected chi connectivity index (χ1v) is 11.4. The number of nitrogens with one attached hydrogen (secondary N) is 1. The van der Waals surface area contributed by atoms with E-state index in [0.29, 0.717) is 31.0 Å². The number of carbonyl (C=O) groups is 2. The summed E-state index contributed by atoms with van der Waals surface area (Å²) in [4.78, 5) is 29.0. The Morgan fingerprint density at radius 2 is 1.70 bits per heavy atom. The summed E-state index contributed by atoms with van der Waals surface area (Å²) in [5.41, 5.74) is 2.38. The molecule has 0 radical (unpaired) electrons. The van der Waals surface area contributed by atoms with E-state index in [9.17, 15) is 9.59 Å². The van der Waals surface area contributed by atoms with Gasteiger partial charge in [-0.15, -0.1) is 0 Å². The van der Waals surface area contributed by atoms with Gasteiger partial charge in [-0.2, -0.15) is 0 Å². The molecule has 33 heavy (non-hydrogen) atoms. The molecule has 0 bridgehead atoms. The molecule has 0 spiro atoms. The van der Waals surface area contributed by atoms with Crippen molar-refractivity contribution in [3.05, 3.63) is 78.3 Å². The van der Waals surface area contributed by atoms with Crippen molar-refractivity contribution in [3.63, 3.8) is 0 Å². The molecule has 2 amide bonds. The Morgan fingerprint density at radius 3 is 2.33 bits per heavy atom. The van der Waals surface area contributed by atoms with E-state index in [-0.39, 0.29) is 11.8 Å². The first-order valence-electron chi connectivity index (χ1n) is 11.4. The van der Waals surface area contributed by atoms with Crippen LogP contribution in [0, 0.1) is 0 Å². The largest absolute Gasteiger partial charge is 0.494 e. The van der Waals surface area contributed by atoms with E-state index in [1.807, 2.05) is 41.3 Å². The van der Waals surface area contributed by atoms with Gasteiger partial charge >= 0.3 is 0 Å². The summed E-state index contributed by atoms with van der Waals surface area (Å²) in [5, 5.41) is 2.94. The van der Waals surface area contributed by atoms with Gasteiger partial charge in [-0.1, -0.05) is 13.3 Å². The molecule has 0 unspecified atom stereocenters. The van der Waals surface area contributed by atoms with E-state index in [4.69, 9.17) is 9.15 Å². The molecule has 7 heteroatoms. The average molecular weight is 448 g/mol. The van der Waals surface area contributed by atoms with Crippen LogP contribution < -0.4 is 15.0 Å². The lowest BCUT2D eigenvalue weighted by Gasteiger charge is -2.35. The highest BCUT2D eigenvalue weighted by Crippen LogP contribution is 2.21. The predicted molar refractivity (Wildman–Crippen MR) is 128 cm³/mol. The Kier molecular flexibility index (Phi) is 7.29. The Bertz CT molecular complexity index is 1040. The number of nitrogens with zero attached hydrogens (tertiary/aromatic N) is 2. The molecular weight excluding hydrogens is 418 g/mol. The van der Waals surface area contributed by atoms with E-state index < -0.39 is 0 Å². The van der Waals surface area contributed by atoms with Gasteiger partial charge in [-0.25, -0.2) is 0 Å². The summed E-state index contributed by atoms with van der Waals surface area (Å²) in [6.07, 6.45) is 3.61. The number of anilines is 2. The molecule has 2 aromatic carbocycles. The molecule has 1 saturated heterocycles. The highest BCUT2D eigenvalue weighted by atomic mass is 16.5. The monoisotopic (exact) mass is 447 g/mol. The van der Waals surface area contributed by atoms with Crippen LogP contribution in [0.2, 0.25) is 0 Å². The standard InChI is InChI=1S/C26H29N3O4/c1-2-3-18-32-23-12-6-20(7-13-23)25(30)27-21-8-10-22(11-9-21)28-14-16-29(17-15-28)26(31)24-5-4-19-33-24/h4-13,19H,2-3,14-18H2,1H3,(H,27,30). The summed E-state index contributed by atoms with van der Waals surface area (Å²) >= 11 is 0. The summed E-state index contributed by atoms with van der Waals surface area (Å²) in [7, 11) is 0. The van der Waals surface area contributed by atoms with Gasteiger partial charge in [0, 0.05) is 43.1 Å². The maximum Gasteiger partial charge on any atom is 0.289 e. The van der Waals surface area contributed by atoms with Gasteiger partial charge in [0.05, 0.1) is 12.9 Å². The molecule has 4 rings (SSSR count). The highest BCUT2D eigenvalue weighted by molar-refractivity contribution is 6.04. The van der Waals surface area contributed by atoms with Crippen LogP contribution in [-0.2, 0) is 0 Å². The van der Waals surface area contributed by atoms with Crippen LogP contribution in [0.1, 0.15) is 40.7 Å². The highest BCUT2D eigenvalue weighted by Gasteiger charge is 2.23. The summed E-state index contributed by atoms with van der Waals surface area (Å²) in [5.74, 6) is 0.920. The SMILES string of the molecule is CCCCOc1ccc(C(=O)Nc2ccc(N3CCN(C(=O)c4ccco4)CC3)cc2)cc1. The van der Waals surface area contributed by atoms with E-state index >= 15 is 0 Å². The van der Waals surface area contributed by atoms with Crippen molar-refractivity contribution in [2.24, 2.45) is 0 Å². The number of unbranched alkanes of at least 4 members (excludes halogenated alkanes) is 1. The Labute approximate surface area is 193 Å². The number of rotatable bonds is 8. The molecule has 0 aliphatic carbocycles. The lowest BCUT2D eigenvalue weighted by Crippen LogP contribution is -2.48. The van der Waals surface area contributed by atoms with E-state index in [1.54, 1.807) is 24.3 Å². The number of furan rings is 1. The molecular formula is C26H29N3O4. The Balaban J connectivity index is 1.28. The minimum absolute atomic E-state index is 0.0711. The second kappa shape index (κ2) is 10.7. The van der Waals surface area contributed by atoms with Gasteiger partial charge in [0.25, 0.3) is 11.8 Å². The molecule has 1 N–H and O–H groups in total. The average Bonchev–Trinajstić information content (AvgIpc) is 3.40. The zero-order valence-electron chi connectivity index (χ0n) is 18.8. The van der Waals surface area contributed by atoms with Crippen molar-refractivity contribution < 1.29 is 18.7 Å². The number of carbonyl (C=O) groups excluding carboxylic acids is 2. The third-order valence-electron chi connectivity index (χ3n) is 5.67. The molecule has 1 aliphatic heterocycles. The second-order valence-electron chi connectivity index (χ2n) is 7.98. The number of amides is 2. The van der Waals surface area contributed by atoms with Crippen LogP contribution in [0.15, 0.2) is 71.3 Å². The number of ether oxygens (including phenoxy) is 1. The second-order valence-corrected chi connectivity index (χ2v) is 7.98. The normalized spacial score (nSPS) is 13.6. The third-order valence-corrected chi connectivity index (χ3v) is 5.67. The first kappa shape index (κ1) is 22.5. The van der Waals surface area contributed by atoms with Gasteiger partial charge in [0.2, 0.25) is 0 Å². The van der Waals surface area contributed by atoms with E-state index in [1.165, 1.54) is 6.26 Å². The molecule has 1 fully saturated rings. The van der Waals surface area contributed by atoms with Crippen LogP contribution in [0.3, 0.4) is 0 Å². The molecule has 0 saturated carbocycles. The van der Waals surface area contributed by atoms with Crippen LogP contribution in [-0.4, -0.2) is 49.5 Å².